The summed E-state index contributed by atoms with van der Waals surface area (Å²) in [5, 5.41) is 11.6. The van der Waals surface area contributed by atoms with Crippen LogP contribution in [0, 0.1) is 11.3 Å². The standard InChI is InChI=1S/C50H29N3O/c51-30-31-15-17-32(18-16-31)36-26-37(28-38(27-36)45-23-21-34-20-19-33-8-7-25-52-48(33)49(34)53-45)35-22-24-47-44(29-35)50(43-13-5-6-14-46(43)54-47)41-11-3-1-9-39(41)40-10-2-4-12-42(40)50/h1-29H. The van der Waals surface area contributed by atoms with Gasteiger partial charge in [-0.25, -0.2) is 4.98 Å². The van der Waals surface area contributed by atoms with Crippen molar-refractivity contribution in [3.8, 4) is 62.2 Å². The van der Waals surface area contributed by atoms with Crippen molar-refractivity contribution in [1.29, 1.82) is 5.26 Å². The maximum Gasteiger partial charge on any atom is 0.132 e. The zero-order valence-electron chi connectivity index (χ0n) is 29.0. The SMILES string of the molecule is N#Cc1ccc(-c2cc(-c3ccc4c(c3)C3(c5ccccc5O4)c4ccccc4-c4ccccc43)cc(-c3ccc4ccc5cccnc5c4n3)c2)cc1. The van der Waals surface area contributed by atoms with Crippen LogP contribution in [0.25, 0.3) is 66.4 Å². The number of rotatable bonds is 3. The maximum atomic E-state index is 9.54. The van der Waals surface area contributed by atoms with Gasteiger partial charge in [0.05, 0.1) is 33.8 Å². The third-order valence-corrected chi connectivity index (χ3v) is 11.2. The fourth-order valence-electron chi connectivity index (χ4n) is 8.77. The highest BCUT2D eigenvalue weighted by Crippen LogP contribution is 2.62. The van der Waals surface area contributed by atoms with E-state index in [-0.39, 0.29) is 0 Å². The molecule has 2 aliphatic rings. The van der Waals surface area contributed by atoms with E-state index in [1.165, 1.54) is 22.3 Å². The lowest BCUT2D eigenvalue weighted by atomic mass is 9.66. The second-order valence-electron chi connectivity index (χ2n) is 14.0. The number of nitrogens with zero attached hydrogens (tertiary/aromatic N) is 3. The smallest absolute Gasteiger partial charge is 0.132 e. The summed E-state index contributed by atoms with van der Waals surface area (Å²) >= 11 is 0. The maximum absolute atomic E-state index is 9.54. The minimum absolute atomic E-state index is 0.561. The molecule has 1 aliphatic carbocycles. The van der Waals surface area contributed by atoms with E-state index in [0.29, 0.717) is 5.56 Å². The second kappa shape index (κ2) is 11.6. The Hall–Kier alpha value is -7.35. The normalized spacial score (nSPS) is 13.1. The molecule has 1 aliphatic heterocycles. The van der Waals surface area contributed by atoms with Gasteiger partial charge in [-0.1, -0.05) is 109 Å². The molecule has 0 saturated carbocycles. The molecule has 7 aromatic carbocycles. The number of fused-ring (bicyclic) bond motifs is 12. The van der Waals surface area contributed by atoms with Gasteiger partial charge in [0.1, 0.15) is 11.5 Å². The zero-order valence-corrected chi connectivity index (χ0v) is 29.0. The van der Waals surface area contributed by atoms with Gasteiger partial charge < -0.3 is 4.74 Å². The van der Waals surface area contributed by atoms with Crippen molar-refractivity contribution >= 4 is 21.8 Å². The molecule has 0 bridgehead atoms. The Labute approximate surface area is 312 Å². The van der Waals surface area contributed by atoms with Crippen molar-refractivity contribution in [2.24, 2.45) is 0 Å². The molecule has 0 radical (unpaired) electrons. The first-order valence-electron chi connectivity index (χ1n) is 18.1. The first-order valence-corrected chi connectivity index (χ1v) is 18.1. The van der Waals surface area contributed by atoms with Crippen molar-refractivity contribution in [3.63, 3.8) is 0 Å². The van der Waals surface area contributed by atoms with Crippen molar-refractivity contribution in [2.75, 3.05) is 0 Å². The van der Waals surface area contributed by atoms with Gasteiger partial charge in [0.25, 0.3) is 0 Å². The first-order chi connectivity index (χ1) is 26.7. The molecule has 250 valence electrons. The number of nitriles is 1. The predicted molar refractivity (Wildman–Crippen MR) is 215 cm³/mol. The van der Waals surface area contributed by atoms with Gasteiger partial charge in [-0.3, -0.25) is 4.98 Å². The summed E-state index contributed by atoms with van der Waals surface area (Å²) in [5.74, 6) is 1.72. The molecule has 3 heterocycles. The van der Waals surface area contributed by atoms with E-state index in [0.717, 1.165) is 77.9 Å². The van der Waals surface area contributed by atoms with Crippen molar-refractivity contribution in [3.05, 3.63) is 204 Å². The van der Waals surface area contributed by atoms with Crippen LogP contribution in [0.5, 0.6) is 11.5 Å². The molecule has 0 atom stereocenters. The van der Waals surface area contributed by atoms with E-state index in [1.807, 2.05) is 36.5 Å². The van der Waals surface area contributed by atoms with Crippen molar-refractivity contribution in [1.82, 2.24) is 9.97 Å². The molecule has 11 rings (SSSR count). The van der Waals surface area contributed by atoms with Crippen LogP contribution in [0.3, 0.4) is 0 Å². The van der Waals surface area contributed by atoms with Crippen LogP contribution in [-0.4, -0.2) is 9.97 Å². The Bertz CT molecular complexity index is 3000. The van der Waals surface area contributed by atoms with Gasteiger partial charge in [0.2, 0.25) is 0 Å². The molecule has 1 spiro atoms. The highest BCUT2D eigenvalue weighted by Gasteiger charge is 2.51. The third kappa shape index (κ3) is 4.36. The fourth-order valence-corrected chi connectivity index (χ4v) is 8.77. The monoisotopic (exact) mass is 687 g/mol. The van der Waals surface area contributed by atoms with Gasteiger partial charge in [0, 0.05) is 33.7 Å². The Kier molecular flexibility index (Phi) is 6.50. The average Bonchev–Trinajstić information content (AvgIpc) is 3.54. The predicted octanol–water partition coefficient (Wildman–Crippen LogP) is 12.1. The number of ether oxygens (including phenoxy) is 1. The minimum atomic E-state index is -0.561. The van der Waals surface area contributed by atoms with E-state index in [4.69, 9.17) is 14.7 Å². The van der Waals surface area contributed by atoms with Crippen molar-refractivity contribution in [2.45, 2.75) is 5.41 Å². The van der Waals surface area contributed by atoms with E-state index in [2.05, 4.69) is 146 Å². The number of hydrogen-bond acceptors (Lipinski definition) is 4. The van der Waals surface area contributed by atoms with E-state index in [1.54, 1.807) is 0 Å². The van der Waals surface area contributed by atoms with E-state index >= 15 is 0 Å². The Morgan fingerprint density at radius 2 is 1.07 bits per heavy atom. The second-order valence-corrected chi connectivity index (χ2v) is 14.0. The summed E-state index contributed by atoms with van der Waals surface area (Å²) < 4.78 is 6.73. The molecular formula is C50H29N3O. The molecule has 4 nitrogen and oxygen atoms in total. The zero-order chi connectivity index (χ0) is 35.8. The molecule has 4 heteroatoms. The first kappa shape index (κ1) is 30.3. The van der Waals surface area contributed by atoms with Gasteiger partial charge in [-0.15, -0.1) is 0 Å². The topological polar surface area (TPSA) is 58.8 Å². The van der Waals surface area contributed by atoms with Gasteiger partial charge >= 0.3 is 0 Å². The Morgan fingerprint density at radius 1 is 0.463 bits per heavy atom. The van der Waals surface area contributed by atoms with Crippen LogP contribution >= 0.6 is 0 Å². The summed E-state index contributed by atoms with van der Waals surface area (Å²) in [4.78, 5) is 9.96. The summed E-state index contributed by atoms with van der Waals surface area (Å²) in [6.07, 6.45) is 1.83. The van der Waals surface area contributed by atoms with E-state index < -0.39 is 5.41 Å². The summed E-state index contributed by atoms with van der Waals surface area (Å²) in [5.41, 5.74) is 15.1. The highest BCUT2D eigenvalue weighted by atomic mass is 16.5. The lowest BCUT2D eigenvalue weighted by Gasteiger charge is -2.39. The molecule has 0 N–H and O–H groups in total. The third-order valence-electron chi connectivity index (χ3n) is 11.2. The number of pyridine rings is 2. The minimum Gasteiger partial charge on any atom is -0.457 e. The lowest BCUT2D eigenvalue weighted by Crippen LogP contribution is -2.32. The number of benzene rings is 7. The Balaban J connectivity index is 1.16. The molecule has 0 fully saturated rings. The van der Waals surface area contributed by atoms with Gasteiger partial charge in [0.15, 0.2) is 0 Å². The fraction of sp³-hybridized carbons (Fsp3) is 0.0200. The molecule has 2 aromatic heterocycles. The molecule has 9 aromatic rings. The molecular weight excluding hydrogens is 659 g/mol. The van der Waals surface area contributed by atoms with E-state index in [9.17, 15) is 5.26 Å². The summed E-state index contributed by atoms with van der Waals surface area (Å²) in [6.45, 7) is 0. The van der Waals surface area contributed by atoms with Crippen molar-refractivity contribution < 1.29 is 4.74 Å². The molecule has 54 heavy (non-hydrogen) atoms. The molecule has 0 unspecified atom stereocenters. The van der Waals surface area contributed by atoms with Gasteiger partial charge in [-0.2, -0.15) is 5.26 Å². The number of para-hydroxylation sites is 1. The number of hydrogen-bond donors (Lipinski definition) is 0. The largest absolute Gasteiger partial charge is 0.457 e. The number of aromatic nitrogens is 2. The van der Waals surface area contributed by atoms with Crippen LogP contribution in [0.4, 0.5) is 0 Å². The van der Waals surface area contributed by atoms with Crippen LogP contribution < -0.4 is 4.74 Å². The Morgan fingerprint density at radius 3 is 1.83 bits per heavy atom. The van der Waals surface area contributed by atoms with Crippen LogP contribution in [0.15, 0.2) is 176 Å². The van der Waals surface area contributed by atoms with Gasteiger partial charge in [-0.05, 0) is 105 Å². The highest BCUT2D eigenvalue weighted by molar-refractivity contribution is 6.03. The summed E-state index contributed by atoms with van der Waals surface area (Å²) in [7, 11) is 0. The van der Waals surface area contributed by atoms with Crippen LogP contribution in [0.1, 0.15) is 27.8 Å². The summed E-state index contributed by atoms with van der Waals surface area (Å²) in [6, 6.07) is 61.9. The van der Waals surface area contributed by atoms with Crippen LogP contribution in [0.2, 0.25) is 0 Å². The quantitative estimate of drug-likeness (QED) is 0.174. The molecule has 0 saturated heterocycles. The van der Waals surface area contributed by atoms with Crippen LogP contribution in [-0.2, 0) is 5.41 Å². The lowest BCUT2D eigenvalue weighted by molar-refractivity contribution is 0.436. The molecule has 0 amide bonds. The average molecular weight is 688 g/mol.